The maximum atomic E-state index is 12.4. The van der Waals surface area contributed by atoms with Crippen molar-refractivity contribution in [3.05, 3.63) is 0 Å². The molecule has 1 aliphatic carbocycles. The van der Waals surface area contributed by atoms with Gasteiger partial charge in [0.25, 0.3) is 0 Å². The van der Waals surface area contributed by atoms with Crippen LogP contribution in [0.25, 0.3) is 0 Å². The monoisotopic (exact) mass is 230 g/mol. The molecule has 0 heterocycles. The summed E-state index contributed by atoms with van der Waals surface area (Å²) in [6.45, 7) is 2.19. The van der Waals surface area contributed by atoms with Gasteiger partial charge in [0.15, 0.2) is 0 Å². The number of hydrogen-bond donors (Lipinski definition) is 1. The van der Waals surface area contributed by atoms with Crippen LogP contribution in [0, 0.1) is 11.8 Å². The van der Waals surface area contributed by atoms with Crippen molar-refractivity contribution in [3.63, 3.8) is 0 Å². The summed E-state index contributed by atoms with van der Waals surface area (Å²) in [6, 6.07) is -0.406. The Hall–Kier alpha value is -0.970. The van der Waals surface area contributed by atoms with Crippen LogP contribution >= 0.6 is 0 Å². The fourth-order valence-electron chi connectivity index (χ4n) is 1.90. The molecule has 0 spiro atoms. The van der Waals surface area contributed by atoms with Crippen LogP contribution in [0.1, 0.15) is 19.8 Å². The van der Waals surface area contributed by atoms with Crippen LogP contribution in [-0.4, -0.2) is 48.6 Å². The zero-order chi connectivity index (χ0) is 12.1. The number of aliphatic hydroxyl groups excluding tert-OH is 1. The lowest BCUT2D eigenvalue weighted by molar-refractivity contribution is 0.0906. The Kier molecular flexibility index (Phi) is 4.86. The van der Waals surface area contributed by atoms with E-state index in [1.165, 1.54) is 11.8 Å². The molecule has 1 N–H and O–H groups in total. The van der Waals surface area contributed by atoms with Gasteiger partial charge in [0.2, 0.25) is 0 Å². The van der Waals surface area contributed by atoms with E-state index in [1.54, 1.807) is 7.05 Å². The van der Waals surface area contributed by atoms with Crippen molar-refractivity contribution < 1.29 is 14.3 Å². The fourth-order valence-corrected chi connectivity index (χ4v) is 1.90. The lowest BCUT2D eigenvalue weighted by Gasteiger charge is -2.36. The lowest BCUT2D eigenvalue weighted by Crippen LogP contribution is -2.37. The third-order valence-electron chi connectivity index (χ3n) is 2.84. The van der Waals surface area contributed by atoms with Crippen molar-refractivity contribution in [3.8, 4) is 0 Å². The van der Waals surface area contributed by atoms with Gasteiger partial charge >= 0.3 is 6.03 Å². The predicted octanol–water partition coefficient (Wildman–Crippen LogP) is 1.49. The molecule has 2 amide bonds. The number of nitrogens with zero attached hydrogens (tertiary/aromatic N) is 2. The van der Waals surface area contributed by atoms with Gasteiger partial charge in [-0.05, 0) is 31.6 Å². The van der Waals surface area contributed by atoms with Crippen molar-refractivity contribution >= 4 is 12.2 Å². The Labute approximate surface area is 95.2 Å². The number of halogens is 1. The summed E-state index contributed by atoms with van der Waals surface area (Å²) >= 11 is 0. The van der Waals surface area contributed by atoms with Gasteiger partial charge in [-0.15, -0.1) is 0 Å². The summed E-state index contributed by atoms with van der Waals surface area (Å²) in [4.78, 5) is 16.4. The zero-order valence-electron chi connectivity index (χ0n) is 9.77. The number of aliphatic imine (C=N–C) groups is 1. The predicted molar refractivity (Wildman–Crippen MR) is 60.4 cm³/mol. The Morgan fingerprint density at radius 2 is 2.25 bits per heavy atom. The van der Waals surface area contributed by atoms with Gasteiger partial charge in [0.05, 0.1) is 0 Å². The molecule has 0 aromatic carbocycles. The molecule has 0 bridgehead atoms. The van der Waals surface area contributed by atoms with Crippen LogP contribution in [0.5, 0.6) is 0 Å². The first-order valence-corrected chi connectivity index (χ1v) is 5.57. The van der Waals surface area contributed by atoms with E-state index in [9.17, 15) is 9.18 Å². The third-order valence-corrected chi connectivity index (χ3v) is 2.84. The summed E-state index contributed by atoms with van der Waals surface area (Å²) in [6.07, 6.45) is 1.73. The topological polar surface area (TPSA) is 52.9 Å². The molecule has 0 radical (unpaired) electrons. The lowest BCUT2D eigenvalue weighted by atomic mass is 9.75. The minimum atomic E-state index is -1.19. The second-order valence-corrected chi connectivity index (χ2v) is 4.50. The molecule has 1 saturated carbocycles. The fraction of sp³-hybridized carbons (Fsp3) is 0.818. The highest BCUT2D eigenvalue weighted by atomic mass is 19.1. The van der Waals surface area contributed by atoms with Crippen molar-refractivity contribution in [2.45, 2.75) is 25.9 Å². The molecular formula is C11H19FN2O2. The first-order chi connectivity index (χ1) is 7.52. The molecule has 1 fully saturated rings. The Morgan fingerprint density at radius 3 is 2.75 bits per heavy atom. The number of amides is 2. The van der Waals surface area contributed by atoms with Crippen LogP contribution < -0.4 is 0 Å². The van der Waals surface area contributed by atoms with Crippen molar-refractivity contribution in [2.75, 3.05) is 20.2 Å². The molecule has 4 nitrogen and oxygen atoms in total. The van der Waals surface area contributed by atoms with E-state index in [2.05, 4.69) is 4.99 Å². The Bertz CT molecular complexity index is 263. The van der Waals surface area contributed by atoms with Crippen molar-refractivity contribution in [2.24, 2.45) is 16.8 Å². The zero-order valence-corrected chi connectivity index (χ0v) is 9.77. The van der Waals surface area contributed by atoms with Gasteiger partial charge in [-0.25, -0.2) is 14.2 Å². The molecule has 1 rings (SSSR count). The van der Waals surface area contributed by atoms with E-state index in [-0.39, 0.29) is 6.61 Å². The average Bonchev–Trinajstić information content (AvgIpc) is 2.18. The molecule has 5 heteroatoms. The number of carbonyl (C=O) groups is 1. The average molecular weight is 230 g/mol. The van der Waals surface area contributed by atoms with E-state index in [0.29, 0.717) is 18.4 Å². The molecule has 0 saturated heterocycles. The summed E-state index contributed by atoms with van der Waals surface area (Å²) in [5.41, 5.74) is 0. The highest BCUT2D eigenvalue weighted by Gasteiger charge is 2.29. The summed E-state index contributed by atoms with van der Waals surface area (Å²) in [5.74, 6) is 0.840. The van der Waals surface area contributed by atoms with E-state index < -0.39 is 12.2 Å². The molecule has 1 unspecified atom stereocenters. The quantitative estimate of drug-likeness (QED) is 0.744. The summed E-state index contributed by atoms with van der Waals surface area (Å²) < 4.78 is 12.4. The number of alkyl halides is 1. The van der Waals surface area contributed by atoms with Crippen LogP contribution in [0.15, 0.2) is 4.99 Å². The van der Waals surface area contributed by atoms with E-state index in [4.69, 9.17) is 5.11 Å². The van der Waals surface area contributed by atoms with E-state index >= 15 is 0 Å². The number of urea groups is 1. The Balaban J connectivity index is 2.25. The van der Waals surface area contributed by atoms with Gasteiger partial charge in [-0.3, -0.25) is 0 Å². The number of aliphatic hydroxyl groups is 1. The first kappa shape index (κ1) is 13.1. The SMILES string of the molecule is CC(F)/C=N\C(=O)N(C)CC1CC(CO)C1. The number of carbonyl (C=O) groups excluding carboxylic acids is 1. The minimum absolute atomic E-state index is 0.228. The van der Waals surface area contributed by atoms with Crippen LogP contribution in [0.2, 0.25) is 0 Å². The third kappa shape index (κ3) is 3.89. The molecule has 92 valence electrons. The van der Waals surface area contributed by atoms with Crippen molar-refractivity contribution in [1.29, 1.82) is 0 Å². The normalized spacial score (nSPS) is 26.5. The van der Waals surface area contributed by atoms with E-state index in [1.807, 2.05) is 0 Å². The molecule has 0 aliphatic heterocycles. The first-order valence-electron chi connectivity index (χ1n) is 5.57. The minimum Gasteiger partial charge on any atom is -0.396 e. The molecular weight excluding hydrogens is 211 g/mol. The van der Waals surface area contributed by atoms with Gasteiger partial charge in [0, 0.05) is 26.4 Å². The van der Waals surface area contributed by atoms with Crippen molar-refractivity contribution in [1.82, 2.24) is 4.90 Å². The van der Waals surface area contributed by atoms with Crippen LogP contribution in [0.4, 0.5) is 9.18 Å². The van der Waals surface area contributed by atoms with E-state index in [0.717, 1.165) is 19.1 Å². The summed E-state index contributed by atoms with van der Waals surface area (Å²) in [7, 11) is 1.66. The molecule has 0 aromatic heterocycles. The number of rotatable bonds is 4. The highest BCUT2D eigenvalue weighted by molar-refractivity contribution is 5.84. The number of hydrogen-bond acceptors (Lipinski definition) is 2. The maximum Gasteiger partial charge on any atom is 0.343 e. The second-order valence-electron chi connectivity index (χ2n) is 4.50. The van der Waals surface area contributed by atoms with Gasteiger partial charge in [-0.2, -0.15) is 0 Å². The smallest absolute Gasteiger partial charge is 0.343 e. The molecule has 16 heavy (non-hydrogen) atoms. The molecule has 0 aromatic rings. The molecule has 1 aliphatic rings. The second kappa shape index (κ2) is 5.94. The highest BCUT2D eigenvalue weighted by Crippen LogP contribution is 2.33. The van der Waals surface area contributed by atoms with Gasteiger partial charge in [0.1, 0.15) is 6.17 Å². The molecule has 1 atom stereocenters. The van der Waals surface area contributed by atoms with Gasteiger partial charge < -0.3 is 10.0 Å². The Morgan fingerprint density at radius 1 is 1.62 bits per heavy atom. The van der Waals surface area contributed by atoms with Crippen LogP contribution in [-0.2, 0) is 0 Å². The van der Waals surface area contributed by atoms with Gasteiger partial charge in [-0.1, -0.05) is 0 Å². The van der Waals surface area contributed by atoms with Crippen LogP contribution in [0.3, 0.4) is 0 Å². The standard InChI is InChI=1S/C11H19FN2O2/c1-8(12)5-13-11(16)14(2)6-9-3-10(4-9)7-15/h5,8-10,15H,3-4,6-7H2,1-2H3/b13-5-. The maximum absolute atomic E-state index is 12.4. The summed E-state index contributed by atoms with van der Waals surface area (Å²) in [5, 5.41) is 8.85. The largest absolute Gasteiger partial charge is 0.396 e.